The number of hydrogen-bond acceptors (Lipinski definition) is 4. The number of aromatic nitrogens is 1. The van der Waals surface area contributed by atoms with Gasteiger partial charge in [0, 0.05) is 44.6 Å². The third-order valence-electron chi connectivity index (χ3n) is 3.60. The third-order valence-corrected chi connectivity index (χ3v) is 3.60. The summed E-state index contributed by atoms with van der Waals surface area (Å²) in [6.45, 7) is 2.32. The van der Waals surface area contributed by atoms with Gasteiger partial charge < -0.3 is 15.1 Å². The number of likely N-dealkylation sites (N-methyl/N-ethyl adjacent to an activating group) is 2. The molecule has 1 unspecified atom stereocenters. The molecule has 4 nitrogen and oxygen atoms in total. The number of nitrogens with zero attached hydrogens (tertiary/aromatic N) is 3. The first-order valence-electron chi connectivity index (χ1n) is 6.26. The average Bonchev–Trinajstić information content (AvgIpc) is 2.75. The van der Waals surface area contributed by atoms with E-state index in [1.165, 1.54) is 25.1 Å². The van der Waals surface area contributed by atoms with Gasteiger partial charge in [-0.3, -0.25) is 0 Å². The number of nitrogens with one attached hydrogen (secondary N) is 1. The van der Waals surface area contributed by atoms with E-state index in [-0.39, 0.29) is 0 Å². The molecule has 1 atom stereocenters. The van der Waals surface area contributed by atoms with Crippen LogP contribution in [-0.2, 0) is 0 Å². The number of rotatable bonds is 4. The van der Waals surface area contributed by atoms with Crippen LogP contribution in [0.4, 0.5) is 11.5 Å². The van der Waals surface area contributed by atoms with Gasteiger partial charge in [-0.1, -0.05) is 0 Å². The zero-order chi connectivity index (χ0) is 12.3. The highest BCUT2D eigenvalue weighted by atomic mass is 15.2. The van der Waals surface area contributed by atoms with Crippen molar-refractivity contribution in [3.63, 3.8) is 0 Å². The molecule has 0 spiro atoms. The van der Waals surface area contributed by atoms with Crippen molar-refractivity contribution in [2.45, 2.75) is 18.9 Å². The summed E-state index contributed by atoms with van der Waals surface area (Å²) < 4.78 is 0. The summed E-state index contributed by atoms with van der Waals surface area (Å²) in [7, 11) is 6.27. The van der Waals surface area contributed by atoms with Crippen LogP contribution in [0.2, 0.25) is 0 Å². The Morgan fingerprint density at radius 2 is 2.41 bits per heavy atom. The maximum absolute atomic E-state index is 4.24. The number of pyridine rings is 1. The minimum atomic E-state index is 0.686. The van der Waals surface area contributed by atoms with E-state index in [0.29, 0.717) is 6.04 Å². The van der Waals surface area contributed by atoms with Gasteiger partial charge in [0.15, 0.2) is 0 Å². The lowest BCUT2D eigenvalue weighted by Gasteiger charge is -2.27. The predicted octanol–water partition coefficient (Wildman–Crippen LogP) is 1.65. The molecule has 2 heterocycles. The number of anilines is 2. The number of likely N-dealkylation sites (tertiary alicyclic amines) is 1. The van der Waals surface area contributed by atoms with Crippen LogP contribution in [0.3, 0.4) is 0 Å². The van der Waals surface area contributed by atoms with Gasteiger partial charge in [0.1, 0.15) is 5.82 Å². The minimum absolute atomic E-state index is 0.686. The van der Waals surface area contributed by atoms with Crippen molar-refractivity contribution in [2.75, 3.05) is 44.4 Å². The Morgan fingerprint density at radius 3 is 3.06 bits per heavy atom. The van der Waals surface area contributed by atoms with Gasteiger partial charge in [0.2, 0.25) is 0 Å². The summed E-state index contributed by atoms with van der Waals surface area (Å²) in [5.41, 5.74) is 1.23. The van der Waals surface area contributed by atoms with Crippen molar-refractivity contribution in [2.24, 2.45) is 0 Å². The maximum atomic E-state index is 4.24. The normalized spacial score (nSPS) is 20.5. The van der Waals surface area contributed by atoms with E-state index in [1.807, 2.05) is 13.2 Å². The lowest BCUT2D eigenvalue weighted by Crippen LogP contribution is -2.36. The van der Waals surface area contributed by atoms with Crippen LogP contribution in [0, 0.1) is 0 Å². The van der Waals surface area contributed by atoms with Crippen molar-refractivity contribution < 1.29 is 0 Å². The highest BCUT2D eigenvalue weighted by Gasteiger charge is 2.22. The van der Waals surface area contributed by atoms with Gasteiger partial charge >= 0.3 is 0 Å². The van der Waals surface area contributed by atoms with E-state index < -0.39 is 0 Å². The van der Waals surface area contributed by atoms with Crippen molar-refractivity contribution in [3.05, 3.63) is 18.3 Å². The number of hydrogen-bond donors (Lipinski definition) is 1. The van der Waals surface area contributed by atoms with Gasteiger partial charge in [-0.2, -0.15) is 0 Å². The molecule has 4 heteroatoms. The Labute approximate surface area is 104 Å². The highest BCUT2D eigenvalue weighted by molar-refractivity contribution is 5.53. The van der Waals surface area contributed by atoms with Crippen molar-refractivity contribution in [3.8, 4) is 0 Å². The Hall–Kier alpha value is -1.29. The fraction of sp³-hybridized carbons (Fsp3) is 0.615. The molecule has 0 bridgehead atoms. The lowest BCUT2D eigenvalue weighted by molar-refractivity contribution is 0.314. The van der Waals surface area contributed by atoms with Crippen LogP contribution < -0.4 is 10.2 Å². The summed E-state index contributed by atoms with van der Waals surface area (Å²) in [4.78, 5) is 9.01. The largest absolute Gasteiger partial charge is 0.373 e. The lowest BCUT2D eigenvalue weighted by atomic mass is 10.2. The fourth-order valence-corrected chi connectivity index (χ4v) is 2.43. The van der Waals surface area contributed by atoms with Crippen LogP contribution in [0.5, 0.6) is 0 Å². The second-order valence-corrected chi connectivity index (χ2v) is 4.81. The second-order valence-electron chi connectivity index (χ2n) is 4.81. The zero-order valence-corrected chi connectivity index (χ0v) is 11.0. The highest BCUT2D eigenvalue weighted by Crippen LogP contribution is 2.20. The van der Waals surface area contributed by atoms with Crippen molar-refractivity contribution in [1.29, 1.82) is 0 Å². The molecule has 1 aliphatic heterocycles. The molecule has 0 radical (unpaired) electrons. The molecule has 1 saturated heterocycles. The molecule has 1 fully saturated rings. The molecule has 0 amide bonds. The molecule has 2 rings (SSSR count). The van der Waals surface area contributed by atoms with E-state index in [2.05, 4.69) is 46.3 Å². The summed E-state index contributed by atoms with van der Waals surface area (Å²) >= 11 is 0. The van der Waals surface area contributed by atoms with Gasteiger partial charge in [-0.25, -0.2) is 4.98 Å². The Bertz CT molecular complexity index is 366. The Kier molecular flexibility index (Phi) is 3.84. The molecule has 0 aliphatic carbocycles. The van der Waals surface area contributed by atoms with E-state index in [1.54, 1.807) is 0 Å². The van der Waals surface area contributed by atoms with Crippen LogP contribution in [0.25, 0.3) is 0 Å². The Morgan fingerprint density at radius 1 is 1.59 bits per heavy atom. The molecule has 17 heavy (non-hydrogen) atoms. The monoisotopic (exact) mass is 234 g/mol. The molecule has 1 aliphatic rings. The summed E-state index contributed by atoms with van der Waals surface area (Å²) in [6, 6.07) is 4.84. The molecular formula is C13H22N4. The van der Waals surface area contributed by atoms with E-state index >= 15 is 0 Å². The van der Waals surface area contributed by atoms with Gasteiger partial charge in [-0.05, 0) is 32.5 Å². The molecule has 0 saturated carbocycles. The molecule has 1 aromatic rings. The predicted molar refractivity (Wildman–Crippen MR) is 72.7 cm³/mol. The summed E-state index contributed by atoms with van der Waals surface area (Å²) in [5.74, 6) is 0.925. The van der Waals surface area contributed by atoms with E-state index in [4.69, 9.17) is 0 Å². The first-order valence-corrected chi connectivity index (χ1v) is 6.26. The molecule has 1 N–H and O–H groups in total. The topological polar surface area (TPSA) is 31.4 Å². The smallest absolute Gasteiger partial charge is 0.127 e. The first kappa shape index (κ1) is 12.2. The Balaban J connectivity index is 2.00. The van der Waals surface area contributed by atoms with Crippen molar-refractivity contribution in [1.82, 2.24) is 9.88 Å². The van der Waals surface area contributed by atoms with Gasteiger partial charge in [0.05, 0.1) is 0 Å². The molecular weight excluding hydrogens is 212 g/mol. The van der Waals surface area contributed by atoms with Crippen LogP contribution in [-0.4, -0.2) is 50.2 Å². The zero-order valence-electron chi connectivity index (χ0n) is 11.0. The molecule has 1 aromatic heterocycles. The van der Waals surface area contributed by atoms with Gasteiger partial charge in [-0.15, -0.1) is 0 Å². The van der Waals surface area contributed by atoms with E-state index in [0.717, 1.165) is 12.4 Å². The van der Waals surface area contributed by atoms with Crippen LogP contribution in [0.1, 0.15) is 12.8 Å². The summed E-state index contributed by atoms with van der Waals surface area (Å²) in [5, 5.41) is 3.08. The first-order chi connectivity index (χ1) is 8.20. The van der Waals surface area contributed by atoms with Gasteiger partial charge in [0.25, 0.3) is 0 Å². The summed E-state index contributed by atoms with van der Waals surface area (Å²) in [6.07, 6.45) is 4.49. The van der Waals surface area contributed by atoms with Crippen LogP contribution >= 0.6 is 0 Å². The second kappa shape index (κ2) is 5.36. The quantitative estimate of drug-likeness (QED) is 0.858. The minimum Gasteiger partial charge on any atom is -0.373 e. The van der Waals surface area contributed by atoms with Crippen LogP contribution in [0.15, 0.2) is 18.3 Å². The van der Waals surface area contributed by atoms with E-state index in [9.17, 15) is 0 Å². The fourth-order valence-electron chi connectivity index (χ4n) is 2.43. The van der Waals surface area contributed by atoms with Crippen molar-refractivity contribution >= 4 is 11.5 Å². The average molecular weight is 234 g/mol. The third kappa shape index (κ3) is 2.88. The molecule has 94 valence electrons. The molecule has 0 aromatic carbocycles. The maximum Gasteiger partial charge on any atom is 0.127 e. The SMILES string of the molecule is CNc1cc(N(C)CC2CCCN2C)ccn1. The standard InChI is InChI=1S/C13H22N4/c1-14-13-9-11(6-7-15-13)17(3)10-12-5-4-8-16(12)2/h6-7,9,12H,4-5,8,10H2,1-3H3,(H,14,15).